The van der Waals surface area contributed by atoms with Gasteiger partial charge in [0.2, 0.25) is 0 Å². The van der Waals surface area contributed by atoms with Crippen LogP contribution in [-0.2, 0) is 0 Å². The number of nitrogens with zero attached hydrogens (tertiary/aromatic N) is 2. The topological polar surface area (TPSA) is 65.5 Å². The van der Waals surface area contributed by atoms with Crippen LogP contribution in [0.1, 0.15) is 36.2 Å². The van der Waals surface area contributed by atoms with E-state index in [-0.39, 0.29) is 17.9 Å². The Morgan fingerprint density at radius 1 is 1.45 bits per heavy atom. The lowest BCUT2D eigenvalue weighted by molar-refractivity contribution is 0.0822. The number of nitrogens with one attached hydrogen (secondary N) is 1. The summed E-state index contributed by atoms with van der Waals surface area (Å²) in [4.78, 5) is 17.5. The van der Waals surface area contributed by atoms with Gasteiger partial charge in [-0.1, -0.05) is 12.8 Å². The highest BCUT2D eigenvalue weighted by atomic mass is 16.3. The molecule has 0 unspecified atom stereocenters. The van der Waals surface area contributed by atoms with Crippen LogP contribution in [0.15, 0.2) is 18.3 Å². The van der Waals surface area contributed by atoms with Crippen LogP contribution in [0, 0.1) is 5.41 Å². The molecular weight excluding hydrogens is 254 g/mol. The molecule has 5 heteroatoms. The standard InChI is InChI=1S/C15H23N3O2/c1-18(2)14(20)13-9-12(5-8-16-13)17-10-15(11-19)6-3-4-7-15/h5,8-9,19H,3-4,6-7,10-11H2,1-2H3,(H,16,17). The Bertz CT molecular complexity index is 468. The SMILES string of the molecule is CN(C)C(=O)c1cc(NCC2(CO)CCCC2)ccn1. The molecule has 1 amide bonds. The van der Waals surface area contributed by atoms with Crippen LogP contribution in [0.5, 0.6) is 0 Å². The zero-order valence-electron chi connectivity index (χ0n) is 12.2. The molecule has 1 fully saturated rings. The molecule has 110 valence electrons. The van der Waals surface area contributed by atoms with Crippen LogP contribution in [-0.4, -0.2) is 48.1 Å². The monoisotopic (exact) mass is 277 g/mol. The van der Waals surface area contributed by atoms with E-state index in [9.17, 15) is 9.90 Å². The second-order valence-electron chi connectivity index (χ2n) is 5.85. The average molecular weight is 277 g/mol. The van der Waals surface area contributed by atoms with Gasteiger partial charge < -0.3 is 15.3 Å². The number of carbonyl (C=O) groups is 1. The predicted molar refractivity (Wildman–Crippen MR) is 78.7 cm³/mol. The Kier molecular flexibility index (Phi) is 4.60. The number of aliphatic hydroxyl groups is 1. The van der Waals surface area contributed by atoms with E-state index in [4.69, 9.17) is 0 Å². The van der Waals surface area contributed by atoms with Crippen molar-refractivity contribution in [3.63, 3.8) is 0 Å². The van der Waals surface area contributed by atoms with Gasteiger partial charge in [0.1, 0.15) is 5.69 Å². The van der Waals surface area contributed by atoms with Gasteiger partial charge in [-0.05, 0) is 25.0 Å². The summed E-state index contributed by atoms with van der Waals surface area (Å²) in [5.41, 5.74) is 1.31. The van der Waals surface area contributed by atoms with Crippen molar-refractivity contribution in [2.45, 2.75) is 25.7 Å². The number of amides is 1. The van der Waals surface area contributed by atoms with Crippen molar-refractivity contribution in [2.75, 3.05) is 32.6 Å². The molecule has 0 aliphatic heterocycles. The first-order valence-electron chi connectivity index (χ1n) is 7.09. The molecule has 5 nitrogen and oxygen atoms in total. The van der Waals surface area contributed by atoms with Crippen molar-refractivity contribution >= 4 is 11.6 Å². The molecule has 1 saturated carbocycles. The molecule has 1 aromatic rings. The number of rotatable bonds is 5. The first-order valence-corrected chi connectivity index (χ1v) is 7.09. The molecule has 0 atom stereocenters. The van der Waals surface area contributed by atoms with Crippen LogP contribution in [0.25, 0.3) is 0 Å². The van der Waals surface area contributed by atoms with E-state index >= 15 is 0 Å². The molecular formula is C15H23N3O2. The number of anilines is 1. The molecule has 0 saturated heterocycles. The van der Waals surface area contributed by atoms with Crippen LogP contribution >= 0.6 is 0 Å². The Labute approximate surface area is 120 Å². The van der Waals surface area contributed by atoms with Crippen LogP contribution < -0.4 is 5.32 Å². The number of hydrogen-bond donors (Lipinski definition) is 2. The van der Waals surface area contributed by atoms with Crippen molar-refractivity contribution in [1.82, 2.24) is 9.88 Å². The normalized spacial score (nSPS) is 16.9. The Hall–Kier alpha value is -1.62. The van der Waals surface area contributed by atoms with Gasteiger partial charge in [-0.2, -0.15) is 0 Å². The molecule has 0 radical (unpaired) electrons. The minimum atomic E-state index is -0.105. The highest BCUT2D eigenvalue weighted by molar-refractivity contribution is 5.92. The summed E-state index contributed by atoms with van der Waals surface area (Å²) in [5.74, 6) is -0.105. The summed E-state index contributed by atoms with van der Waals surface area (Å²) < 4.78 is 0. The van der Waals surface area contributed by atoms with E-state index in [0.29, 0.717) is 5.69 Å². The van der Waals surface area contributed by atoms with Gasteiger partial charge in [-0.25, -0.2) is 0 Å². The van der Waals surface area contributed by atoms with Gasteiger partial charge in [-0.15, -0.1) is 0 Å². The molecule has 0 aromatic carbocycles. The number of hydrogen-bond acceptors (Lipinski definition) is 4. The maximum atomic E-state index is 11.9. The lowest BCUT2D eigenvalue weighted by Crippen LogP contribution is -2.30. The fourth-order valence-electron chi connectivity index (χ4n) is 2.69. The van der Waals surface area contributed by atoms with Gasteiger partial charge in [-0.3, -0.25) is 9.78 Å². The van der Waals surface area contributed by atoms with Crippen LogP contribution in [0.4, 0.5) is 5.69 Å². The molecule has 1 aliphatic carbocycles. The quantitative estimate of drug-likeness (QED) is 0.860. The van der Waals surface area contributed by atoms with Gasteiger partial charge in [0, 0.05) is 37.9 Å². The van der Waals surface area contributed by atoms with E-state index in [0.717, 1.165) is 25.1 Å². The zero-order valence-corrected chi connectivity index (χ0v) is 12.2. The smallest absolute Gasteiger partial charge is 0.272 e. The Morgan fingerprint density at radius 3 is 2.75 bits per heavy atom. The molecule has 1 aliphatic rings. The summed E-state index contributed by atoms with van der Waals surface area (Å²) in [6, 6.07) is 3.62. The fourth-order valence-corrected chi connectivity index (χ4v) is 2.69. The zero-order chi connectivity index (χ0) is 14.6. The third-order valence-electron chi connectivity index (χ3n) is 4.05. The van der Waals surface area contributed by atoms with Gasteiger partial charge in [0.05, 0.1) is 6.61 Å². The third-order valence-corrected chi connectivity index (χ3v) is 4.05. The van der Waals surface area contributed by atoms with Crippen molar-refractivity contribution in [2.24, 2.45) is 5.41 Å². The van der Waals surface area contributed by atoms with Crippen molar-refractivity contribution in [1.29, 1.82) is 0 Å². The number of aliphatic hydroxyl groups excluding tert-OH is 1. The van der Waals surface area contributed by atoms with E-state index < -0.39 is 0 Å². The molecule has 20 heavy (non-hydrogen) atoms. The number of pyridine rings is 1. The summed E-state index contributed by atoms with van der Waals surface area (Å²) >= 11 is 0. The minimum absolute atomic E-state index is 0.00497. The molecule has 0 bridgehead atoms. The van der Waals surface area contributed by atoms with Crippen molar-refractivity contribution in [3.05, 3.63) is 24.0 Å². The second-order valence-corrected chi connectivity index (χ2v) is 5.85. The third kappa shape index (κ3) is 3.28. The highest BCUT2D eigenvalue weighted by Crippen LogP contribution is 2.37. The van der Waals surface area contributed by atoms with Gasteiger partial charge in [0.25, 0.3) is 5.91 Å². The summed E-state index contributed by atoms with van der Waals surface area (Å²) in [6.45, 7) is 0.956. The molecule has 0 spiro atoms. The highest BCUT2D eigenvalue weighted by Gasteiger charge is 2.32. The van der Waals surface area contributed by atoms with Gasteiger partial charge in [0.15, 0.2) is 0 Å². The summed E-state index contributed by atoms with van der Waals surface area (Å²) in [7, 11) is 3.42. The lowest BCUT2D eigenvalue weighted by atomic mass is 9.87. The van der Waals surface area contributed by atoms with E-state index in [2.05, 4.69) is 10.3 Å². The molecule has 1 heterocycles. The van der Waals surface area contributed by atoms with Crippen LogP contribution in [0.2, 0.25) is 0 Å². The fraction of sp³-hybridized carbons (Fsp3) is 0.600. The summed E-state index contributed by atoms with van der Waals surface area (Å²) in [5, 5.41) is 12.9. The average Bonchev–Trinajstić information content (AvgIpc) is 2.94. The lowest BCUT2D eigenvalue weighted by Gasteiger charge is -2.27. The first kappa shape index (κ1) is 14.8. The maximum Gasteiger partial charge on any atom is 0.272 e. The Balaban J connectivity index is 2.03. The van der Waals surface area contributed by atoms with Crippen molar-refractivity contribution in [3.8, 4) is 0 Å². The maximum absolute atomic E-state index is 11.9. The number of aromatic nitrogens is 1. The minimum Gasteiger partial charge on any atom is -0.396 e. The summed E-state index contributed by atoms with van der Waals surface area (Å²) in [6.07, 6.45) is 6.13. The largest absolute Gasteiger partial charge is 0.396 e. The number of carbonyl (C=O) groups excluding carboxylic acids is 1. The van der Waals surface area contributed by atoms with Crippen LogP contribution in [0.3, 0.4) is 0 Å². The predicted octanol–water partition coefficient (Wildman–Crippen LogP) is 1.75. The van der Waals surface area contributed by atoms with E-state index in [1.165, 1.54) is 17.7 Å². The van der Waals surface area contributed by atoms with Gasteiger partial charge >= 0.3 is 0 Å². The molecule has 2 N–H and O–H groups in total. The Morgan fingerprint density at radius 2 is 2.15 bits per heavy atom. The molecule has 1 aromatic heterocycles. The molecule has 2 rings (SSSR count). The van der Waals surface area contributed by atoms with Crippen molar-refractivity contribution < 1.29 is 9.90 Å². The van der Waals surface area contributed by atoms with E-state index in [1.54, 1.807) is 26.4 Å². The second kappa shape index (κ2) is 6.22. The van der Waals surface area contributed by atoms with E-state index in [1.807, 2.05) is 6.07 Å². The first-order chi connectivity index (χ1) is 9.56.